The van der Waals surface area contributed by atoms with E-state index >= 15 is 0 Å². The number of hydrogen-bond donors (Lipinski definition) is 3. The van der Waals surface area contributed by atoms with Crippen LogP contribution < -0.4 is 30.7 Å². The Hall–Kier alpha value is -10.6. The van der Waals surface area contributed by atoms with Crippen LogP contribution >= 0.6 is 35.3 Å². The Bertz CT molecular complexity index is 4580. The third-order valence-corrected chi connectivity index (χ3v) is 24.0. The highest BCUT2D eigenvalue weighted by Gasteiger charge is 2.35. The molecule has 14 rings (SSSR count). The Labute approximate surface area is 683 Å². The SMILES string of the molecule is CN(Cc1cc2c(nc1C=O)N(C(=O)Nc1cc(SC3CCOC3)c(C#N)cn1)CCC2)C(=O)C1CCCO1.CN(Cc1cc2c(nc1C=O)N(C(=O)Nc1cc(S[C@H]3CCOC3)c(C#N)cn1)CCC2)C(=O)[C@H]1CCCO1.COCCSc1cc(NC(=O)N2CCCc3cc(CN(C)C(=O)[C@H]4CCCO4)c(C=O)nc32)ncc1C#N. The molecule has 5 fully saturated rings. The second-order valence-electron chi connectivity index (χ2n) is 28.6. The molecule has 5 saturated heterocycles. The predicted octanol–water partition coefficient (Wildman–Crippen LogP) is 9.35. The number of methoxy groups -OCH3 is 1. The number of nitriles is 3. The van der Waals surface area contributed by atoms with Gasteiger partial charge in [0.25, 0.3) is 17.7 Å². The van der Waals surface area contributed by atoms with E-state index in [0.717, 1.165) is 71.4 Å². The number of amides is 9. The van der Waals surface area contributed by atoms with Crippen molar-refractivity contribution in [2.45, 2.75) is 153 Å². The molecule has 0 spiro atoms. The summed E-state index contributed by atoms with van der Waals surface area (Å²) in [5, 5.41) is 37.3. The maximum absolute atomic E-state index is 13.3. The average Bonchev–Trinajstić information content (AvgIpc) is 0.795. The zero-order valence-electron chi connectivity index (χ0n) is 64.9. The van der Waals surface area contributed by atoms with E-state index in [1.54, 1.807) is 84.7 Å². The van der Waals surface area contributed by atoms with E-state index in [0.29, 0.717) is 215 Å². The molecule has 2 unspecified atom stereocenters. The highest BCUT2D eigenvalue weighted by molar-refractivity contribution is 8.00. The predicted molar refractivity (Wildman–Crippen MR) is 429 cm³/mol. The lowest BCUT2D eigenvalue weighted by Crippen LogP contribution is -2.40. The third-order valence-electron chi connectivity index (χ3n) is 20.4. The van der Waals surface area contributed by atoms with Crippen molar-refractivity contribution in [2.24, 2.45) is 0 Å². The van der Waals surface area contributed by atoms with Crippen molar-refractivity contribution in [3.8, 4) is 18.2 Å². The zero-order valence-corrected chi connectivity index (χ0v) is 67.3. The number of anilines is 6. The van der Waals surface area contributed by atoms with Crippen molar-refractivity contribution >= 4 is 125 Å². The fraction of sp³-hybridized carbons (Fsp3) is 0.475. The molecule has 3 N–H and O–H groups in total. The first-order chi connectivity index (χ1) is 56.4. The van der Waals surface area contributed by atoms with E-state index in [2.05, 4.69) is 64.1 Å². The van der Waals surface area contributed by atoms with Gasteiger partial charge in [-0.3, -0.25) is 59.4 Å². The summed E-state index contributed by atoms with van der Waals surface area (Å²) in [4.78, 5) is 152. The van der Waals surface area contributed by atoms with Crippen molar-refractivity contribution in [1.82, 2.24) is 44.6 Å². The maximum Gasteiger partial charge on any atom is 0.328 e. The summed E-state index contributed by atoms with van der Waals surface area (Å²) in [5.41, 5.74) is 6.25. The number of nitrogens with zero attached hydrogens (tertiary/aromatic N) is 15. The Morgan fingerprint density at radius 1 is 0.491 bits per heavy atom. The number of likely N-dealkylation sites (N-methyl/N-ethyl adjacent to an activating group) is 3. The summed E-state index contributed by atoms with van der Waals surface area (Å²) in [6.45, 7) is 6.84. The van der Waals surface area contributed by atoms with E-state index in [1.165, 1.54) is 45.1 Å². The van der Waals surface area contributed by atoms with Crippen LogP contribution in [0.1, 0.15) is 152 Å². The van der Waals surface area contributed by atoms with Crippen molar-refractivity contribution in [1.29, 1.82) is 15.8 Å². The minimum atomic E-state index is -0.445. The summed E-state index contributed by atoms with van der Waals surface area (Å²) in [6.07, 6.45) is 15.7. The van der Waals surface area contributed by atoms with Crippen LogP contribution in [0.5, 0.6) is 0 Å². The third kappa shape index (κ3) is 21.2. The lowest BCUT2D eigenvalue weighted by molar-refractivity contribution is -0.140. The normalized spacial score (nSPS) is 19.0. The molecule has 14 heterocycles. The first kappa shape index (κ1) is 84.8. The van der Waals surface area contributed by atoms with Crippen molar-refractivity contribution < 1.29 is 71.6 Å². The molecule has 0 radical (unpaired) electrons. The van der Waals surface area contributed by atoms with Gasteiger partial charge in [0.05, 0.1) is 36.5 Å². The Kier molecular flexibility index (Phi) is 29.8. The van der Waals surface area contributed by atoms with E-state index in [-0.39, 0.29) is 64.9 Å². The summed E-state index contributed by atoms with van der Waals surface area (Å²) >= 11 is 4.54. The van der Waals surface area contributed by atoms with Gasteiger partial charge in [-0.05, 0) is 143 Å². The number of aryl methyl sites for hydroxylation is 3. The zero-order chi connectivity index (χ0) is 81.8. The van der Waals surface area contributed by atoms with Gasteiger partial charge in [0.2, 0.25) is 0 Å². The van der Waals surface area contributed by atoms with Crippen LogP contribution in [0.3, 0.4) is 0 Å². The maximum atomic E-state index is 13.3. The minimum absolute atomic E-state index is 0.115. The van der Waals surface area contributed by atoms with Gasteiger partial charge in [-0.2, -0.15) is 15.8 Å². The molecule has 36 heteroatoms. The van der Waals surface area contributed by atoms with Gasteiger partial charge < -0.3 is 43.1 Å². The van der Waals surface area contributed by atoms with Gasteiger partial charge in [0.1, 0.15) is 88.5 Å². The smallest absolute Gasteiger partial charge is 0.328 e. The van der Waals surface area contributed by atoms with Crippen LogP contribution in [-0.4, -0.2) is 235 Å². The first-order valence-electron chi connectivity index (χ1n) is 38.5. The molecule has 33 nitrogen and oxygen atoms in total. The number of carbonyl (C=O) groups is 9. The molecule has 9 amide bonds. The number of fused-ring (bicyclic) bond motifs is 3. The largest absolute Gasteiger partial charge is 0.384 e. The van der Waals surface area contributed by atoms with Crippen LogP contribution in [-0.2, 0) is 81.7 Å². The quantitative estimate of drug-likeness (QED) is 0.0305. The number of aromatic nitrogens is 6. The molecular weight excluding hydrogens is 1550 g/mol. The Balaban J connectivity index is 0.000000160. The molecule has 116 heavy (non-hydrogen) atoms. The van der Waals surface area contributed by atoms with E-state index in [4.69, 9.17) is 28.4 Å². The Morgan fingerprint density at radius 3 is 1.12 bits per heavy atom. The second kappa shape index (κ2) is 40.8. The van der Waals surface area contributed by atoms with Gasteiger partial charge in [-0.25, -0.2) is 44.3 Å². The summed E-state index contributed by atoms with van der Waals surface area (Å²) in [7, 11) is 6.67. The van der Waals surface area contributed by atoms with Gasteiger partial charge in [-0.15, -0.1) is 35.3 Å². The fourth-order valence-electron chi connectivity index (χ4n) is 14.4. The molecule has 6 aromatic rings. The minimum Gasteiger partial charge on any atom is -0.384 e. The molecule has 5 atom stereocenters. The summed E-state index contributed by atoms with van der Waals surface area (Å²) in [5.74, 6) is 2.52. The fourth-order valence-corrected chi connectivity index (χ4v) is 17.6. The summed E-state index contributed by atoms with van der Waals surface area (Å²) < 4.78 is 32.5. The van der Waals surface area contributed by atoms with Crippen LogP contribution in [0.15, 0.2) is 69.7 Å². The van der Waals surface area contributed by atoms with Gasteiger partial charge in [0.15, 0.2) is 18.9 Å². The van der Waals surface area contributed by atoms with Crippen LogP contribution in [0.2, 0.25) is 0 Å². The molecule has 6 aromatic heterocycles. The Morgan fingerprint density at radius 2 is 0.828 bits per heavy atom. The number of nitrogens with one attached hydrogen (secondary N) is 3. The number of rotatable bonds is 23. The standard InChI is InChI=1S/2C27H30N6O5S.C26H30N6O5S/c2*1-32(26(35)22-5-3-8-38-22)14-18-10-17-4-2-7-33(25(17)30-21(18)15-34)27(36)31-24-11-23(19(12-28)13-29-24)39-20-6-9-37-16-20;1-31(25(34)21-6-4-8-37-21)15-18-11-17-5-3-7-32(24(17)29-20(18)16-33)26(35)30-23-12-22(38-10-9-36-2)19(13-27)14-28-23/h2*10-11,13,15,20,22H,2-9,14,16H2,1H3,(H,29,31,36);11-12,14,16,21H,3-10,15H2,1-2H3,(H,28,30,35)/t20-,22+;;21-/m0.1/s1. The number of thioether (sulfide) groups is 3. The number of aldehydes is 3. The highest BCUT2D eigenvalue weighted by atomic mass is 32.2. The molecule has 608 valence electrons. The lowest BCUT2D eigenvalue weighted by atomic mass is 10.0. The van der Waals surface area contributed by atoms with Crippen LogP contribution in [0.25, 0.3) is 0 Å². The highest BCUT2D eigenvalue weighted by Crippen LogP contribution is 2.37. The average molecular weight is 1640 g/mol. The molecule has 0 aliphatic carbocycles. The number of carbonyl (C=O) groups excluding carboxylic acids is 9. The number of urea groups is 3. The van der Waals surface area contributed by atoms with E-state index in [9.17, 15) is 58.9 Å². The van der Waals surface area contributed by atoms with Gasteiger partial charge >= 0.3 is 18.1 Å². The molecule has 8 aliphatic heterocycles. The van der Waals surface area contributed by atoms with Crippen molar-refractivity contribution in [3.05, 3.63) is 122 Å². The van der Waals surface area contributed by atoms with E-state index < -0.39 is 36.4 Å². The van der Waals surface area contributed by atoms with Gasteiger partial charge in [-0.1, -0.05) is 0 Å². The number of ether oxygens (including phenoxy) is 6. The molecule has 0 aromatic carbocycles. The molecule has 8 aliphatic rings. The van der Waals surface area contributed by atoms with Crippen LogP contribution in [0.4, 0.5) is 49.3 Å². The van der Waals surface area contributed by atoms with Crippen LogP contribution in [0, 0.1) is 34.0 Å². The second-order valence-corrected chi connectivity index (χ2v) is 32.4. The first-order valence-corrected chi connectivity index (χ1v) is 41.2. The molecule has 0 bridgehead atoms. The van der Waals surface area contributed by atoms with Gasteiger partial charge in [0, 0.05) is 167 Å². The van der Waals surface area contributed by atoms with Crippen molar-refractivity contribution in [3.63, 3.8) is 0 Å². The van der Waals surface area contributed by atoms with E-state index in [1.807, 2.05) is 18.2 Å². The topological polar surface area (TPSA) is 413 Å². The summed E-state index contributed by atoms with van der Waals surface area (Å²) in [6, 6.07) is 15.8. The monoisotopic (exact) mass is 1640 g/mol. The molecule has 0 saturated carbocycles. The van der Waals surface area contributed by atoms with Crippen molar-refractivity contribution in [2.75, 3.05) is 137 Å². The number of pyridine rings is 6. The molecular formula is C80H90N18O15S3. The number of hydrogen-bond acceptors (Lipinski definition) is 27. The lowest BCUT2D eigenvalue weighted by Gasteiger charge is -2.29.